The van der Waals surface area contributed by atoms with Crippen molar-refractivity contribution < 1.29 is 0 Å². The van der Waals surface area contributed by atoms with Crippen molar-refractivity contribution >= 4 is 8.41 Å². The van der Waals surface area contributed by atoms with E-state index < -0.39 is 0 Å². The summed E-state index contributed by atoms with van der Waals surface area (Å²) < 4.78 is 0. The van der Waals surface area contributed by atoms with Crippen LogP contribution in [0.25, 0.3) is 67.2 Å². The van der Waals surface area contributed by atoms with Crippen molar-refractivity contribution in [2.75, 3.05) is 0 Å². The third-order valence-corrected chi connectivity index (χ3v) is 9.85. The van der Waals surface area contributed by atoms with Crippen molar-refractivity contribution in [3.8, 4) is 67.2 Å². The van der Waals surface area contributed by atoms with Crippen LogP contribution in [0.2, 0.25) is 0 Å². The molecule has 59 heavy (non-hydrogen) atoms. The zero-order valence-corrected chi connectivity index (χ0v) is 33.2. The molecule has 9 rings (SSSR count). The first kappa shape index (κ1) is 43.0. The van der Waals surface area contributed by atoms with Crippen LogP contribution in [-0.4, -0.2) is 23.4 Å². The fourth-order valence-electron chi connectivity index (χ4n) is 7.11. The Hall–Kier alpha value is -7.17. The highest BCUT2D eigenvalue weighted by atomic mass is 14.7. The predicted octanol–water partition coefficient (Wildman–Crippen LogP) is 14.4. The van der Waals surface area contributed by atoms with Gasteiger partial charge in [0, 0.05) is 43.7 Å². The monoisotopic (exact) mass is 762 g/mol. The molecule has 3 nitrogen and oxygen atoms in total. The molecule has 0 unspecified atom stereocenters. The summed E-state index contributed by atoms with van der Waals surface area (Å²) in [6.07, 6.45) is 5.53. The topological polar surface area (TPSA) is 38.7 Å². The Bertz CT molecular complexity index is 2570. The van der Waals surface area contributed by atoms with Crippen LogP contribution in [0.15, 0.2) is 219 Å². The minimum atomic E-state index is 0. The molecule has 0 atom stereocenters. The van der Waals surface area contributed by atoms with Gasteiger partial charge in [-0.25, -0.2) is 0 Å². The molecule has 0 saturated carbocycles. The minimum Gasteiger partial charge on any atom is -0.256 e. The minimum absolute atomic E-state index is 0. The third-order valence-electron chi connectivity index (χ3n) is 9.85. The highest BCUT2D eigenvalue weighted by molar-refractivity contribution is 5.85. The van der Waals surface area contributed by atoms with E-state index in [0.29, 0.717) is 0 Å². The van der Waals surface area contributed by atoms with Gasteiger partial charge in [-0.1, -0.05) is 177 Å². The molecule has 0 saturated heterocycles. The first-order valence-electron chi connectivity index (χ1n) is 19.3. The predicted molar refractivity (Wildman–Crippen MR) is 252 cm³/mol. The van der Waals surface area contributed by atoms with Crippen molar-refractivity contribution in [3.05, 3.63) is 235 Å². The Kier molecular flexibility index (Phi) is 15.6. The molecule has 4 heteroatoms. The average molecular weight is 763 g/mol. The summed E-state index contributed by atoms with van der Waals surface area (Å²) in [4.78, 5) is 13.5. The van der Waals surface area contributed by atoms with E-state index in [4.69, 9.17) is 0 Å². The lowest BCUT2D eigenvalue weighted by Gasteiger charge is -2.14. The van der Waals surface area contributed by atoms with Gasteiger partial charge in [-0.3, -0.25) is 15.0 Å². The zero-order chi connectivity index (χ0) is 39.2. The van der Waals surface area contributed by atoms with E-state index in [1.54, 1.807) is 0 Å². The summed E-state index contributed by atoms with van der Waals surface area (Å²) in [5.74, 6) is 0. The maximum absolute atomic E-state index is 4.53. The molecule has 0 aliphatic rings. The molecule has 0 fully saturated rings. The molecular formula is C55H49BN3. The summed E-state index contributed by atoms with van der Waals surface area (Å²) in [5, 5.41) is 0. The number of hydrogen-bond donors (Lipinski definition) is 0. The molecule has 6 aromatic carbocycles. The normalized spacial score (nSPS) is 10.0. The van der Waals surface area contributed by atoms with E-state index in [-0.39, 0.29) is 15.8 Å². The summed E-state index contributed by atoms with van der Waals surface area (Å²) >= 11 is 0. The molecule has 0 aliphatic carbocycles. The van der Waals surface area contributed by atoms with Gasteiger partial charge in [0.15, 0.2) is 0 Å². The summed E-state index contributed by atoms with van der Waals surface area (Å²) in [6, 6.07) is 68.7. The van der Waals surface area contributed by atoms with Gasteiger partial charge in [-0.05, 0) is 101 Å². The molecule has 0 N–H and O–H groups in total. The lowest BCUT2D eigenvalue weighted by atomic mass is 9.91. The fraction of sp³-hybridized carbons (Fsp3) is 0.0727. The lowest BCUT2D eigenvalue weighted by molar-refractivity contribution is 1.27. The van der Waals surface area contributed by atoms with Gasteiger partial charge >= 0.3 is 0 Å². The number of hydrogen-bond acceptors (Lipinski definition) is 3. The molecule has 0 amide bonds. The zero-order valence-electron chi connectivity index (χ0n) is 33.2. The maximum atomic E-state index is 4.53. The van der Waals surface area contributed by atoms with Gasteiger partial charge in [-0.2, -0.15) is 0 Å². The van der Waals surface area contributed by atoms with E-state index in [9.17, 15) is 0 Å². The number of benzene rings is 6. The van der Waals surface area contributed by atoms with Crippen molar-refractivity contribution in [3.63, 3.8) is 0 Å². The summed E-state index contributed by atoms with van der Waals surface area (Å²) in [6.45, 7) is 6.43. The second-order valence-electron chi connectivity index (χ2n) is 13.7. The second kappa shape index (κ2) is 21.4. The van der Waals surface area contributed by atoms with Gasteiger partial charge in [0.05, 0.1) is 17.1 Å². The number of aromatic nitrogens is 3. The fourth-order valence-corrected chi connectivity index (χ4v) is 7.11. The van der Waals surface area contributed by atoms with E-state index in [1.165, 1.54) is 66.8 Å². The average Bonchev–Trinajstić information content (AvgIpc) is 3.28. The number of aryl methyl sites for hydroxylation is 3. The smallest absolute Gasteiger partial charge is 0.0737 e. The van der Waals surface area contributed by atoms with Crippen LogP contribution in [0.3, 0.4) is 0 Å². The van der Waals surface area contributed by atoms with Crippen LogP contribution >= 0.6 is 0 Å². The maximum Gasteiger partial charge on any atom is 0.0737 e. The lowest BCUT2D eigenvalue weighted by Crippen LogP contribution is -1.92. The highest BCUT2D eigenvalue weighted by Crippen LogP contribution is 2.35. The van der Waals surface area contributed by atoms with Gasteiger partial charge in [-0.15, -0.1) is 0 Å². The van der Waals surface area contributed by atoms with Crippen molar-refractivity contribution in [1.29, 1.82) is 0 Å². The second-order valence-corrected chi connectivity index (χ2v) is 13.7. The van der Waals surface area contributed by atoms with Crippen molar-refractivity contribution in [2.45, 2.75) is 28.2 Å². The van der Waals surface area contributed by atoms with Crippen LogP contribution in [-0.2, 0) is 0 Å². The van der Waals surface area contributed by atoms with Crippen LogP contribution in [0.1, 0.15) is 24.1 Å². The molecular weight excluding hydrogens is 713 g/mol. The first-order chi connectivity index (χ1) is 28.1. The molecule has 9 aromatic rings. The molecule has 3 aromatic heterocycles. The Morgan fingerprint density at radius 1 is 0.288 bits per heavy atom. The quantitative estimate of drug-likeness (QED) is 0.158. The summed E-state index contributed by atoms with van der Waals surface area (Å²) in [5.41, 5.74) is 17.9. The van der Waals surface area contributed by atoms with E-state index in [2.05, 4.69) is 187 Å². The summed E-state index contributed by atoms with van der Waals surface area (Å²) in [7, 11) is 0. The molecule has 287 valence electrons. The first-order valence-corrected chi connectivity index (χ1v) is 19.3. The molecule has 0 bridgehead atoms. The van der Waals surface area contributed by atoms with Crippen LogP contribution in [0, 0.1) is 20.8 Å². The number of nitrogens with zero attached hydrogens (tertiary/aromatic N) is 3. The molecule has 0 aliphatic heterocycles. The Morgan fingerprint density at radius 2 is 0.661 bits per heavy atom. The van der Waals surface area contributed by atoms with E-state index >= 15 is 0 Å². The standard InChI is InChI=1S/C19H17N.C18H15N.C17H13N.CH4.B/c1-14-8-7-9-15(2)19(14)17-11-4-3-10-16(17)18-12-5-6-13-20-18;1-14-8-7-13-19-18(14)17-12-6-5-11-16(17)15-9-3-2-4-10-15;1-2-8-14(9-3-1)15-10-4-5-11-16(15)17-12-6-7-13-18-17;;/h3-13H,1-2H3;2-13H,1H3;1-13H;1H4;. The van der Waals surface area contributed by atoms with Crippen LogP contribution < -0.4 is 0 Å². The van der Waals surface area contributed by atoms with Gasteiger partial charge < -0.3 is 0 Å². The Morgan fingerprint density at radius 3 is 1.14 bits per heavy atom. The number of rotatable bonds is 6. The molecule has 0 spiro atoms. The van der Waals surface area contributed by atoms with Gasteiger partial charge in [0.2, 0.25) is 0 Å². The SMILES string of the molecule is C.Cc1cccc(C)c1-c1ccccc1-c1ccccn1.Cc1cccnc1-c1ccccc1-c1ccccc1.[B].c1ccc(-c2ccccc2-c2ccccn2)cc1. The van der Waals surface area contributed by atoms with Gasteiger partial charge in [0.25, 0.3) is 0 Å². The largest absolute Gasteiger partial charge is 0.256 e. The molecule has 3 heterocycles. The van der Waals surface area contributed by atoms with E-state index in [1.807, 2.05) is 67.1 Å². The van der Waals surface area contributed by atoms with Crippen molar-refractivity contribution in [2.24, 2.45) is 0 Å². The van der Waals surface area contributed by atoms with E-state index in [0.717, 1.165) is 17.1 Å². The van der Waals surface area contributed by atoms with Crippen LogP contribution in [0.5, 0.6) is 0 Å². The Balaban J connectivity index is 0.000000166. The number of pyridine rings is 3. The molecule has 3 radical (unpaired) electrons. The van der Waals surface area contributed by atoms with Crippen molar-refractivity contribution in [1.82, 2.24) is 15.0 Å². The third kappa shape index (κ3) is 10.6. The van der Waals surface area contributed by atoms with Crippen LogP contribution in [0.4, 0.5) is 0 Å². The van der Waals surface area contributed by atoms with Gasteiger partial charge in [0.1, 0.15) is 0 Å². The highest BCUT2D eigenvalue weighted by Gasteiger charge is 2.12. The Labute approximate surface area is 352 Å².